The molecular formula is C19H27NO4Si. The normalized spacial score (nSPS) is 29.4. The van der Waals surface area contributed by atoms with E-state index in [9.17, 15) is 9.59 Å². The summed E-state index contributed by atoms with van der Waals surface area (Å²) in [5.74, 6) is -0.0272. The Morgan fingerprint density at radius 3 is 2.48 bits per heavy atom. The van der Waals surface area contributed by atoms with E-state index < -0.39 is 8.07 Å². The van der Waals surface area contributed by atoms with Gasteiger partial charge in [-0.25, -0.2) is 5.06 Å². The third-order valence-corrected chi connectivity index (χ3v) is 10.5. The molecule has 1 heterocycles. The molecule has 6 heteroatoms. The summed E-state index contributed by atoms with van der Waals surface area (Å²) in [5, 5.41) is 2.86. The van der Waals surface area contributed by atoms with Crippen molar-refractivity contribution in [2.75, 3.05) is 14.2 Å². The van der Waals surface area contributed by atoms with E-state index in [2.05, 4.69) is 37.4 Å². The average Bonchev–Trinajstić information content (AvgIpc) is 3.02. The summed E-state index contributed by atoms with van der Waals surface area (Å²) in [6.45, 7) is 4.66. The van der Waals surface area contributed by atoms with Gasteiger partial charge in [0, 0.05) is 6.42 Å². The summed E-state index contributed by atoms with van der Waals surface area (Å²) in [7, 11) is 1.04. The minimum atomic E-state index is -1.96. The minimum absolute atomic E-state index is 0.0206. The van der Waals surface area contributed by atoms with Crippen LogP contribution >= 0.6 is 0 Å². The lowest BCUT2D eigenvalue weighted by atomic mass is 9.92. The summed E-state index contributed by atoms with van der Waals surface area (Å²) >= 11 is 0. The number of hydroxylamine groups is 2. The lowest BCUT2D eigenvalue weighted by Crippen LogP contribution is -2.53. The van der Waals surface area contributed by atoms with Gasteiger partial charge in [0.15, 0.2) is 0 Å². The molecule has 0 radical (unpaired) electrons. The van der Waals surface area contributed by atoms with Crippen molar-refractivity contribution >= 4 is 25.1 Å². The standard InChI is InChI=1S/C19H27NO4Si/c1-23-19(22)15-12-16-14(10-11-17(21)20(16)24-2)18(15)25(3,4)13-8-6-5-7-9-13/h5-9,14-16,18H,10-12H2,1-4H3/t14-,15+,16-,18+/m0/s1. The Bertz CT molecular complexity index is 648. The van der Waals surface area contributed by atoms with Crippen molar-refractivity contribution in [1.29, 1.82) is 0 Å². The summed E-state index contributed by atoms with van der Waals surface area (Å²) in [6.07, 6.45) is 1.94. The van der Waals surface area contributed by atoms with Gasteiger partial charge in [-0.05, 0) is 24.3 Å². The molecule has 136 valence electrons. The van der Waals surface area contributed by atoms with Gasteiger partial charge >= 0.3 is 5.97 Å². The second-order valence-electron chi connectivity index (χ2n) is 7.65. The minimum Gasteiger partial charge on any atom is -0.469 e. The molecule has 25 heavy (non-hydrogen) atoms. The Hall–Kier alpha value is -1.66. The third-order valence-electron chi connectivity index (χ3n) is 6.17. The van der Waals surface area contributed by atoms with Crippen molar-refractivity contribution < 1.29 is 19.2 Å². The van der Waals surface area contributed by atoms with Crippen LogP contribution in [0.4, 0.5) is 0 Å². The fourth-order valence-corrected chi connectivity index (χ4v) is 9.25. The summed E-state index contributed by atoms with van der Waals surface area (Å²) in [6, 6.07) is 10.5. The van der Waals surface area contributed by atoms with E-state index in [4.69, 9.17) is 9.57 Å². The molecule has 2 aliphatic rings. The van der Waals surface area contributed by atoms with Crippen LogP contribution in [-0.2, 0) is 19.2 Å². The van der Waals surface area contributed by atoms with Crippen molar-refractivity contribution in [2.45, 2.75) is 43.9 Å². The number of amides is 1. The SMILES string of the molecule is COC(=O)[C@@H]1C[C@H]2[C@H](CCC(=O)N2OC)[C@H]1[Si](C)(C)c1ccccc1. The first kappa shape index (κ1) is 18.1. The molecule has 1 amide bonds. The summed E-state index contributed by atoms with van der Waals surface area (Å²) in [4.78, 5) is 30.2. The number of carbonyl (C=O) groups excluding carboxylic acids is 2. The van der Waals surface area contributed by atoms with Crippen LogP contribution in [0.5, 0.6) is 0 Å². The lowest BCUT2D eigenvalue weighted by Gasteiger charge is -2.41. The molecule has 0 aromatic heterocycles. The molecule has 5 nitrogen and oxygen atoms in total. The van der Waals surface area contributed by atoms with Crippen LogP contribution in [-0.4, -0.2) is 45.3 Å². The van der Waals surface area contributed by atoms with Gasteiger partial charge in [-0.3, -0.25) is 14.4 Å². The molecule has 1 aliphatic carbocycles. The van der Waals surface area contributed by atoms with Crippen LogP contribution in [0.3, 0.4) is 0 Å². The molecule has 2 fully saturated rings. The molecule has 1 saturated carbocycles. The highest BCUT2D eigenvalue weighted by Crippen LogP contribution is 2.53. The van der Waals surface area contributed by atoms with Gasteiger partial charge in [0.2, 0.25) is 5.91 Å². The molecule has 1 aromatic rings. The predicted octanol–water partition coefficient (Wildman–Crippen LogP) is 2.33. The number of fused-ring (bicyclic) bond motifs is 1. The highest BCUT2D eigenvalue weighted by atomic mass is 28.3. The lowest BCUT2D eigenvalue weighted by molar-refractivity contribution is -0.199. The number of carbonyl (C=O) groups is 2. The maximum absolute atomic E-state index is 12.6. The molecule has 0 N–H and O–H groups in total. The Kier molecular flexibility index (Phi) is 5.02. The highest BCUT2D eigenvalue weighted by Gasteiger charge is 2.57. The van der Waals surface area contributed by atoms with Crippen molar-refractivity contribution in [3.8, 4) is 0 Å². The van der Waals surface area contributed by atoms with Crippen molar-refractivity contribution in [3.63, 3.8) is 0 Å². The van der Waals surface area contributed by atoms with E-state index in [0.29, 0.717) is 12.8 Å². The second-order valence-corrected chi connectivity index (χ2v) is 12.3. The molecule has 0 spiro atoms. The number of benzene rings is 1. The van der Waals surface area contributed by atoms with Gasteiger partial charge in [0.1, 0.15) is 0 Å². The quantitative estimate of drug-likeness (QED) is 0.610. The van der Waals surface area contributed by atoms with E-state index in [1.807, 2.05) is 6.07 Å². The van der Waals surface area contributed by atoms with Gasteiger partial charge in [-0.2, -0.15) is 0 Å². The average molecular weight is 362 g/mol. The van der Waals surface area contributed by atoms with Gasteiger partial charge in [0.05, 0.1) is 34.3 Å². The molecule has 1 aliphatic heterocycles. The van der Waals surface area contributed by atoms with Crippen LogP contribution in [0.15, 0.2) is 30.3 Å². The number of esters is 1. The zero-order valence-electron chi connectivity index (χ0n) is 15.4. The Labute approximate surface area is 150 Å². The Balaban J connectivity index is 2.02. The number of rotatable bonds is 4. The smallest absolute Gasteiger partial charge is 0.308 e. The molecule has 4 atom stereocenters. The largest absolute Gasteiger partial charge is 0.469 e. The third kappa shape index (κ3) is 3.02. The van der Waals surface area contributed by atoms with Gasteiger partial charge < -0.3 is 4.74 Å². The number of nitrogens with zero attached hydrogens (tertiary/aromatic N) is 1. The second kappa shape index (κ2) is 6.92. The molecule has 0 unspecified atom stereocenters. The van der Waals surface area contributed by atoms with Crippen molar-refractivity contribution in [1.82, 2.24) is 5.06 Å². The summed E-state index contributed by atoms with van der Waals surface area (Å²) < 4.78 is 5.14. The molecular weight excluding hydrogens is 334 g/mol. The number of hydrogen-bond donors (Lipinski definition) is 0. The van der Waals surface area contributed by atoms with Crippen LogP contribution in [0.2, 0.25) is 18.6 Å². The maximum atomic E-state index is 12.6. The molecule has 1 saturated heterocycles. The predicted molar refractivity (Wildman–Crippen MR) is 97.8 cm³/mol. The van der Waals surface area contributed by atoms with Gasteiger partial charge in [-0.15, -0.1) is 0 Å². The Morgan fingerprint density at radius 2 is 1.88 bits per heavy atom. The van der Waals surface area contributed by atoms with Crippen LogP contribution in [0.25, 0.3) is 0 Å². The van der Waals surface area contributed by atoms with Crippen molar-refractivity contribution in [3.05, 3.63) is 30.3 Å². The van der Waals surface area contributed by atoms with Crippen LogP contribution < -0.4 is 5.19 Å². The van der Waals surface area contributed by atoms with Gasteiger partial charge in [-0.1, -0.05) is 48.6 Å². The zero-order chi connectivity index (χ0) is 18.2. The van der Waals surface area contributed by atoms with Crippen molar-refractivity contribution in [2.24, 2.45) is 11.8 Å². The number of piperidine rings is 1. The van der Waals surface area contributed by atoms with E-state index in [0.717, 1.165) is 6.42 Å². The molecule has 3 rings (SSSR count). The van der Waals surface area contributed by atoms with E-state index in [1.54, 1.807) is 7.11 Å². The zero-order valence-corrected chi connectivity index (χ0v) is 16.4. The van der Waals surface area contributed by atoms with E-state index >= 15 is 0 Å². The maximum Gasteiger partial charge on any atom is 0.308 e. The van der Waals surface area contributed by atoms with E-state index in [-0.39, 0.29) is 35.3 Å². The number of ether oxygens (including phenoxy) is 1. The highest BCUT2D eigenvalue weighted by molar-refractivity contribution is 6.91. The molecule has 0 bridgehead atoms. The van der Waals surface area contributed by atoms with Gasteiger partial charge in [0.25, 0.3) is 0 Å². The summed E-state index contributed by atoms with van der Waals surface area (Å²) in [5.41, 5.74) is 0.234. The Morgan fingerprint density at radius 1 is 1.20 bits per heavy atom. The topological polar surface area (TPSA) is 55.8 Å². The first-order chi connectivity index (χ1) is 11.9. The number of methoxy groups -OCH3 is 1. The fraction of sp³-hybridized carbons (Fsp3) is 0.579. The monoisotopic (exact) mass is 361 g/mol. The first-order valence-electron chi connectivity index (χ1n) is 8.91. The van der Waals surface area contributed by atoms with Crippen LogP contribution in [0.1, 0.15) is 19.3 Å². The first-order valence-corrected chi connectivity index (χ1v) is 12.0. The fourth-order valence-electron chi connectivity index (χ4n) is 5.08. The molecule has 1 aromatic carbocycles. The van der Waals surface area contributed by atoms with Crippen LogP contribution in [0, 0.1) is 11.8 Å². The number of hydrogen-bond acceptors (Lipinski definition) is 4. The van der Waals surface area contributed by atoms with E-state index in [1.165, 1.54) is 17.4 Å².